The third-order valence-electron chi connectivity index (χ3n) is 2.56. The molecule has 0 aromatic rings. The van der Waals surface area contributed by atoms with Gasteiger partial charge in [0.05, 0.1) is 0 Å². The maximum Gasteiger partial charge on any atom is 0.203 e. The molecule has 3 N–H and O–H groups in total. The van der Waals surface area contributed by atoms with Gasteiger partial charge in [-0.25, -0.2) is 0 Å². The van der Waals surface area contributed by atoms with Crippen LogP contribution in [-0.4, -0.2) is 22.8 Å². The highest BCUT2D eigenvalue weighted by atomic mass is 31.2. The fourth-order valence-corrected chi connectivity index (χ4v) is 4.02. The predicted molar refractivity (Wildman–Crippen MR) is 50.6 cm³/mol. The second kappa shape index (κ2) is 3.91. The molecule has 1 rings (SSSR count). The molecule has 0 aromatic heterocycles. The van der Waals surface area contributed by atoms with E-state index in [1.54, 1.807) is 0 Å². The Morgan fingerprint density at radius 2 is 2.25 bits per heavy atom. The highest BCUT2D eigenvalue weighted by molar-refractivity contribution is 7.58. The van der Waals surface area contributed by atoms with Gasteiger partial charge in [0.2, 0.25) is 7.37 Å². The summed E-state index contributed by atoms with van der Waals surface area (Å²) >= 11 is 0. The first-order chi connectivity index (χ1) is 5.56. The molecule has 1 aliphatic carbocycles. The van der Waals surface area contributed by atoms with E-state index in [-0.39, 0.29) is 11.7 Å². The second-order valence-corrected chi connectivity index (χ2v) is 6.39. The molecule has 72 valence electrons. The second-order valence-electron chi connectivity index (χ2n) is 3.71. The van der Waals surface area contributed by atoms with Gasteiger partial charge in [-0.2, -0.15) is 0 Å². The van der Waals surface area contributed by atoms with Crippen molar-refractivity contribution in [2.24, 2.45) is 5.73 Å². The summed E-state index contributed by atoms with van der Waals surface area (Å²) in [5.41, 5.74) is 5.68. The molecular formula is C8H18NO2P. The van der Waals surface area contributed by atoms with E-state index in [0.717, 1.165) is 25.7 Å². The summed E-state index contributed by atoms with van der Waals surface area (Å²) in [6, 6.07) is 0.160. The van der Waals surface area contributed by atoms with E-state index in [2.05, 4.69) is 0 Å². The zero-order valence-corrected chi connectivity index (χ0v) is 8.46. The highest BCUT2D eigenvalue weighted by Crippen LogP contribution is 2.52. The van der Waals surface area contributed by atoms with E-state index in [1.165, 1.54) is 0 Å². The number of nitrogens with two attached hydrogens (primary N) is 1. The SMILES string of the molecule is CCCP(=O)(O)[C@H]1CC[C@@H](N)C1. The van der Waals surface area contributed by atoms with Crippen LogP contribution in [0.5, 0.6) is 0 Å². The Labute approximate surface area is 73.8 Å². The standard InChI is InChI=1S/C8H18NO2P/c1-2-5-12(10,11)8-4-3-7(9)6-8/h7-8H,2-6,9H2,1H3,(H,10,11)/t7-,8+/m1/s1. The lowest BCUT2D eigenvalue weighted by Gasteiger charge is -2.17. The molecule has 0 aliphatic heterocycles. The van der Waals surface area contributed by atoms with E-state index in [0.29, 0.717) is 6.16 Å². The lowest BCUT2D eigenvalue weighted by molar-refractivity contribution is 0.460. The summed E-state index contributed by atoms with van der Waals surface area (Å²) in [5.74, 6) is 0. The van der Waals surface area contributed by atoms with Gasteiger partial charge in [0.15, 0.2) is 0 Å². The van der Waals surface area contributed by atoms with Crippen molar-refractivity contribution in [1.29, 1.82) is 0 Å². The molecule has 0 spiro atoms. The minimum atomic E-state index is -2.86. The Morgan fingerprint density at radius 3 is 2.67 bits per heavy atom. The fraction of sp³-hybridized carbons (Fsp3) is 1.00. The number of hydrogen-bond donors (Lipinski definition) is 2. The van der Waals surface area contributed by atoms with Gasteiger partial charge in [-0.3, -0.25) is 4.57 Å². The molecule has 0 saturated heterocycles. The van der Waals surface area contributed by atoms with E-state index in [1.807, 2.05) is 6.92 Å². The smallest absolute Gasteiger partial charge is 0.203 e. The van der Waals surface area contributed by atoms with E-state index in [4.69, 9.17) is 5.73 Å². The fourth-order valence-electron chi connectivity index (χ4n) is 1.86. The summed E-state index contributed by atoms with van der Waals surface area (Å²) in [7, 11) is -2.86. The van der Waals surface area contributed by atoms with Crippen LogP contribution in [0, 0.1) is 0 Å². The third-order valence-corrected chi connectivity index (χ3v) is 5.26. The minimum absolute atomic E-state index is 0.00699. The molecule has 0 radical (unpaired) electrons. The summed E-state index contributed by atoms with van der Waals surface area (Å²) in [6.45, 7) is 1.94. The Bertz CT molecular complexity index is 195. The molecule has 1 unspecified atom stereocenters. The topological polar surface area (TPSA) is 63.3 Å². The van der Waals surface area contributed by atoms with Crippen LogP contribution in [0.15, 0.2) is 0 Å². The molecule has 12 heavy (non-hydrogen) atoms. The van der Waals surface area contributed by atoms with E-state index < -0.39 is 7.37 Å². The average molecular weight is 191 g/mol. The molecule has 1 fully saturated rings. The first kappa shape index (κ1) is 10.2. The van der Waals surface area contributed by atoms with E-state index in [9.17, 15) is 9.46 Å². The monoisotopic (exact) mass is 191 g/mol. The van der Waals surface area contributed by atoms with Crippen molar-refractivity contribution < 1.29 is 9.46 Å². The van der Waals surface area contributed by atoms with Gasteiger partial charge in [0, 0.05) is 17.9 Å². The summed E-state index contributed by atoms with van der Waals surface area (Å²) in [5, 5.41) is 0. The van der Waals surface area contributed by atoms with Crippen LogP contribution in [0.3, 0.4) is 0 Å². The predicted octanol–water partition coefficient (Wildman–Crippen LogP) is 1.55. The third kappa shape index (κ3) is 2.32. The molecule has 1 saturated carbocycles. The first-order valence-corrected chi connectivity index (χ1v) is 6.54. The van der Waals surface area contributed by atoms with Crippen molar-refractivity contribution in [3.8, 4) is 0 Å². The van der Waals surface area contributed by atoms with Gasteiger partial charge in [-0.1, -0.05) is 6.92 Å². The molecule has 0 amide bonds. The molecule has 3 nitrogen and oxygen atoms in total. The van der Waals surface area contributed by atoms with Crippen molar-refractivity contribution in [1.82, 2.24) is 0 Å². The van der Waals surface area contributed by atoms with Crippen molar-refractivity contribution in [2.45, 2.75) is 44.3 Å². The normalized spacial score (nSPS) is 34.9. The summed E-state index contributed by atoms with van der Waals surface area (Å²) in [6.07, 6.45) is 3.76. The summed E-state index contributed by atoms with van der Waals surface area (Å²) < 4.78 is 11.7. The Kier molecular flexibility index (Phi) is 3.33. The van der Waals surface area contributed by atoms with Gasteiger partial charge >= 0.3 is 0 Å². The van der Waals surface area contributed by atoms with Crippen molar-refractivity contribution in [3.05, 3.63) is 0 Å². The van der Waals surface area contributed by atoms with Gasteiger partial charge in [-0.15, -0.1) is 0 Å². The van der Waals surface area contributed by atoms with Crippen LogP contribution in [0.25, 0.3) is 0 Å². The van der Waals surface area contributed by atoms with Gasteiger partial charge in [0.25, 0.3) is 0 Å². The molecular weight excluding hydrogens is 173 g/mol. The zero-order valence-electron chi connectivity index (χ0n) is 7.57. The van der Waals surface area contributed by atoms with Crippen molar-refractivity contribution in [3.63, 3.8) is 0 Å². The maximum atomic E-state index is 11.7. The molecule has 3 atom stereocenters. The Hall–Kier alpha value is 0.150. The quantitative estimate of drug-likeness (QED) is 0.665. The van der Waals surface area contributed by atoms with Gasteiger partial charge in [0.1, 0.15) is 0 Å². The van der Waals surface area contributed by atoms with Gasteiger partial charge in [-0.05, 0) is 25.7 Å². The summed E-state index contributed by atoms with van der Waals surface area (Å²) in [4.78, 5) is 9.63. The van der Waals surface area contributed by atoms with Crippen LogP contribution >= 0.6 is 7.37 Å². The first-order valence-electron chi connectivity index (χ1n) is 4.63. The molecule has 0 bridgehead atoms. The highest BCUT2D eigenvalue weighted by Gasteiger charge is 2.35. The lowest BCUT2D eigenvalue weighted by atomic mass is 10.3. The minimum Gasteiger partial charge on any atom is -0.344 e. The molecule has 4 heteroatoms. The number of hydrogen-bond acceptors (Lipinski definition) is 2. The largest absolute Gasteiger partial charge is 0.344 e. The van der Waals surface area contributed by atoms with Crippen molar-refractivity contribution in [2.75, 3.05) is 6.16 Å². The van der Waals surface area contributed by atoms with Crippen LogP contribution in [0.4, 0.5) is 0 Å². The van der Waals surface area contributed by atoms with Crippen LogP contribution in [-0.2, 0) is 4.57 Å². The average Bonchev–Trinajstić information content (AvgIpc) is 2.36. The molecule has 0 heterocycles. The Balaban J connectivity index is 2.51. The Morgan fingerprint density at radius 1 is 1.58 bits per heavy atom. The van der Waals surface area contributed by atoms with Crippen LogP contribution in [0.2, 0.25) is 0 Å². The van der Waals surface area contributed by atoms with Crippen LogP contribution in [0.1, 0.15) is 32.6 Å². The van der Waals surface area contributed by atoms with Crippen LogP contribution < -0.4 is 5.73 Å². The zero-order chi connectivity index (χ0) is 9.19. The molecule has 0 aromatic carbocycles. The number of rotatable bonds is 3. The van der Waals surface area contributed by atoms with Gasteiger partial charge < -0.3 is 10.6 Å². The molecule has 1 aliphatic rings. The van der Waals surface area contributed by atoms with Crippen molar-refractivity contribution >= 4 is 7.37 Å². The lowest BCUT2D eigenvalue weighted by Crippen LogP contribution is -2.16. The van der Waals surface area contributed by atoms with E-state index >= 15 is 0 Å². The maximum absolute atomic E-state index is 11.7.